The number of hydrogen-bond acceptors (Lipinski definition) is 4. The molecular formula is C12H12O6. The van der Waals surface area contributed by atoms with E-state index in [0.29, 0.717) is 17.7 Å². The molecule has 0 spiro atoms. The Morgan fingerprint density at radius 3 is 1.78 bits per heavy atom. The molecule has 2 N–H and O–H groups in total. The topological polar surface area (TPSA) is 101 Å². The summed E-state index contributed by atoms with van der Waals surface area (Å²) in [5.74, 6) is -2.81. The number of carboxylic acid groups (broad SMARTS) is 2. The highest BCUT2D eigenvalue weighted by Gasteiger charge is 2.00. The average Bonchev–Trinajstić information content (AvgIpc) is 2.37. The van der Waals surface area contributed by atoms with Gasteiger partial charge in [-0.25, -0.2) is 14.4 Å². The van der Waals surface area contributed by atoms with Crippen LogP contribution in [0.3, 0.4) is 0 Å². The molecule has 0 heterocycles. The van der Waals surface area contributed by atoms with Crippen molar-refractivity contribution in [1.29, 1.82) is 0 Å². The third-order valence-corrected chi connectivity index (χ3v) is 1.56. The Kier molecular flexibility index (Phi) is 7.27. The van der Waals surface area contributed by atoms with Gasteiger partial charge in [0.2, 0.25) is 0 Å². The molecule has 0 atom stereocenters. The second kappa shape index (κ2) is 8.51. The summed E-state index contributed by atoms with van der Waals surface area (Å²) in [5, 5.41) is 15.6. The molecule has 1 rings (SSSR count). The van der Waals surface area contributed by atoms with E-state index in [2.05, 4.69) is 4.74 Å². The van der Waals surface area contributed by atoms with E-state index in [1.807, 2.05) is 6.07 Å². The molecule has 0 radical (unpaired) electrons. The monoisotopic (exact) mass is 252 g/mol. The fraction of sp³-hybridized carbons (Fsp3) is 0.0833. The van der Waals surface area contributed by atoms with Crippen molar-refractivity contribution in [2.24, 2.45) is 0 Å². The molecule has 0 aliphatic rings. The summed E-state index contributed by atoms with van der Waals surface area (Å²) in [4.78, 5) is 29.9. The number of ether oxygens (including phenoxy) is 1. The molecule has 0 aromatic heterocycles. The SMILES string of the molecule is COC(=O)c1ccccc1.O=C(O)/C=C/C(=O)O. The predicted molar refractivity (Wildman–Crippen MR) is 62.2 cm³/mol. The van der Waals surface area contributed by atoms with Crippen molar-refractivity contribution in [3.8, 4) is 0 Å². The minimum Gasteiger partial charge on any atom is -0.478 e. The number of carbonyl (C=O) groups excluding carboxylic acids is 1. The molecule has 0 saturated carbocycles. The van der Waals surface area contributed by atoms with Gasteiger partial charge in [-0.15, -0.1) is 0 Å². The van der Waals surface area contributed by atoms with E-state index in [9.17, 15) is 14.4 Å². The molecule has 1 aromatic carbocycles. The van der Waals surface area contributed by atoms with Crippen molar-refractivity contribution in [3.63, 3.8) is 0 Å². The van der Waals surface area contributed by atoms with E-state index in [-0.39, 0.29) is 5.97 Å². The van der Waals surface area contributed by atoms with Gasteiger partial charge in [0.25, 0.3) is 0 Å². The van der Waals surface area contributed by atoms with Gasteiger partial charge in [-0.05, 0) is 12.1 Å². The standard InChI is InChI=1S/C8H8O2.C4H4O4/c1-10-8(9)7-5-3-2-4-6-7;5-3(6)1-2-4(7)8/h2-6H,1H3;1-2H,(H,5,6)(H,7,8)/b;2-1+. The van der Waals surface area contributed by atoms with Gasteiger partial charge in [-0.1, -0.05) is 18.2 Å². The van der Waals surface area contributed by atoms with Crippen LogP contribution in [0.5, 0.6) is 0 Å². The normalized spacial score (nSPS) is 9.17. The van der Waals surface area contributed by atoms with Crippen molar-refractivity contribution in [3.05, 3.63) is 48.0 Å². The minimum atomic E-state index is -1.26. The Hall–Kier alpha value is -2.63. The van der Waals surface area contributed by atoms with E-state index in [1.54, 1.807) is 24.3 Å². The van der Waals surface area contributed by atoms with Crippen LogP contribution in [0.4, 0.5) is 0 Å². The molecule has 0 amide bonds. The van der Waals surface area contributed by atoms with Crippen molar-refractivity contribution < 1.29 is 29.3 Å². The zero-order valence-electron chi connectivity index (χ0n) is 9.57. The van der Waals surface area contributed by atoms with E-state index >= 15 is 0 Å². The molecule has 0 saturated heterocycles. The van der Waals surface area contributed by atoms with Crippen molar-refractivity contribution >= 4 is 17.9 Å². The number of aliphatic carboxylic acids is 2. The number of methoxy groups -OCH3 is 1. The molecular weight excluding hydrogens is 240 g/mol. The molecule has 0 unspecified atom stereocenters. The quantitative estimate of drug-likeness (QED) is 0.618. The highest BCUT2D eigenvalue weighted by atomic mass is 16.5. The number of carbonyl (C=O) groups is 3. The Bertz CT molecular complexity index is 419. The first-order valence-corrected chi connectivity index (χ1v) is 4.74. The molecule has 1 aromatic rings. The number of esters is 1. The van der Waals surface area contributed by atoms with E-state index in [4.69, 9.17) is 10.2 Å². The summed E-state index contributed by atoms with van der Waals surface area (Å²) in [6.45, 7) is 0. The lowest BCUT2D eigenvalue weighted by Gasteiger charge is -1.95. The lowest BCUT2D eigenvalue weighted by molar-refractivity contribution is -0.134. The first-order chi connectivity index (χ1) is 8.47. The maximum atomic E-state index is 10.8. The van der Waals surface area contributed by atoms with Gasteiger partial charge in [0.15, 0.2) is 0 Å². The molecule has 0 aliphatic carbocycles. The fourth-order valence-corrected chi connectivity index (χ4v) is 0.835. The van der Waals surface area contributed by atoms with Gasteiger partial charge >= 0.3 is 17.9 Å². The maximum absolute atomic E-state index is 10.8. The maximum Gasteiger partial charge on any atom is 0.337 e. The molecule has 96 valence electrons. The van der Waals surface area contributed by atoms with Crippen LogP contribution in [0.25, 0.3) is 0 Å². The second-order valence-corrected chi connectivity index (χ2v) is 2.87. The molecule has 18 heavy (non-hydrogen) atoms. The fourth-order valence-electron chi connectivity index (χ4n) is 0.835. The van der Waals surface area contributed by atoms with Crippen molar-refractivity contribution in [2.75, 3.05) is 7.11 Å². The van der Waals surface area contributed by atoms with Gasteiger partial charge in [-0.2, -0.15) is 0 Å². The first kappa shape index (κ1) is 15.4. The Labute approximate surface area is 103 Å². The van der Waals surface area contributed by atoms with Gasteiger partial charge in [0.05, 0.1) is 12.7 Å². The van der Waals surface area contributed by atoms with Crippen molar-refractivity contribution in [1.82, 2.24) is 0 Å². The zero-order valence-corrected chi connectivity index (χ0v) is 9.57. The minimum absolute atomic E-state index is 0.291. The van der Waals surface area contributed by atoms with E-state index < -0.39 is 11.9 Å². The summed E-state index contributed by atoms with van der Waals surface area (Å²) in [6.07, 6.45) is 1.12. The lowest BCUT2D eigenvalue weighted by Crippen LogP contribution is -1.99. The van der Waals surface area contributed by atoms with Crippen LogP contribution in [0.2, 0.25) is 0 Å². The van der Waals surface area contributed by atoms with Crippen LogP contribution in [-0.2, 0) is 14.3 Å². The Morgan fingerprint density at radius 2 is 1.44 bits per heavy atom. The molecule has 0 bridgehead atoms. The summed E-state index contributed by atoms with van der Waals surface area (Å²) in [7, 11) is 1.37. The van der Waals surface area contributed by atoms with Crippen LogP contribution >= 0.6 is 0 Å². The summed E-state index contributed by atoms with van der Waals surface area (Å²) < 4.78 is 4.50. The van der Waals surface area contributed by atoms with Gasteiger partial charge in [0, 0.05) is 12.2 Å². The number of carboxylic acids is 2. The second-order valence-electron chi connectivity index (χ2n) is 2.87. The van der Waals surface area contributed by atoms with Crippen LogP contribution in [-0.4, -0.2) is 35.2 Å². The van der Waals surface area contributed by atoms with Crippen LogP contribution < -0.4 is 0 Å². The number of hydrogen-bond donors (Lipinski definition) is 2. The zero-order chi connectivity index (χ0) is 14.0. The van der Waals surface area contributed by atoms with Crippen molar-refractivity contribution in [2.45, 2.75) is 0 Å². The molecule has 6 nitrogen and oxygen atoms in total. The van der Waals surface area contributed by atoms with Crippen LogP contribution in [0, 0.1) is 0 Å². The Morgan fingerprint density at radius 1 is 1.00 bits per heavy atom. The van der Waals surface area contributed by atoms with Gasteiger partial charge < -0.3 is 14.9 Å². The van der Waals surface area contributed by atoms with Gasteiger partial charge in [0.1, 0.15) is 0 Å². The third kappa shape index (κ3) is 7.63. The van der Waals surface area contributed by atoms with Gasteiger partial charge in [-0.3, -0.25) is 0 Å². The predicted octanol–water partition coefficient (Wildman–Crippen LogP) is 1.19. The first-order valence-electron chi connectivity index (χ1n) is 4.74. The smallest absolute Gasteiger partial charge is 0.337 e. The van der Waals surface area contributed by atoms with E-state index in [0.717, 1.165) is 0 Å². The number of rotatable bonds is 3. The summed E-state index contributed by atoms with van der Waals surface area (Å²) in [6, 6.07) is 8.88. The summed E-state index contributed by atoms with van der Waals surface area (Å²) in [5.41, 5.74) is 0.588. The highest BCUT2D eigenvalue weighted by molar-refractivity contribution is 5.89. The van der Waals surface area contributed by atoms with Crippen LogP contribution in [0.1, 0.15) is 10.4 Å². The largest absolute Gasteiger partial charge is 0.478 e. The molecule has 0 aliphatic heterocycles. The summed E-state index contributed by atoms with van der Waals surface area (Å²) >= 11 is 0. The highest BCUT2D eigenvalue weighted by Crippen LogP contribution is 1.98. The van der Waals surface area contributed by atoms with E-state index in [1.165, 1.54) is 7.11 Å². The molecule has 0 fully saturated rings. The molecule has 6 heteroatoms. The Balaban J connectivity index is 0.000000331. The lowest BCUT2D eigenvalue weighted by atomic mass is 10.2. The van der Waals surface area contributed by atoms with Crippen LogP contribution in [0.15, 0.2) is 42.5 Å². The average molecular weight is 252 g/mol. The third-order valence-electron chi connectivity index (χ3n) is 1.56. The number of benzene rings is 1.